The van der Waals surface area contributed by atoms with Gasteiger partial charge in [-0.05, 0) is 31.9 Å². The number of amides is 1. The molecule has 15 heavy (non-hydrogen) atoms. The minimum absolute atomic E-state index is 0.0313. The lowest BCUT2D eigenvalue weighted by Crippen LogP contribution is -2.06. The van der Waals surface area contributed by atoms with Crippen LogP contribution in [0.3, 0.4) is 0 Å². The molecule has 0 radical (unpaired) electrons. The molecule has 0 saturated heterocycles. The molecule has 0 fully saturated rings. The van der Waals surface area contributed by atoms with Crippen molar-refractivity contribution < 1.29 is 4.79 Å². The molecular weight excluding hydrogens is 206 g/mol. The van der Waals surface area contributed by atoms with Crippen molar-refractivity contribution in [2.75, 3.05) is 11.1 Å². The summed E-state index contributed by atoms with van der Waals surface area (Å²) >= 11 is 1.33. The molecule has 0 aliphatic heterocycles. The number of aryl methyl sites for hydroxylation is 2. The first-order chi connectivity index (χ1) is 7.13. The molecule has 0 aliphatic rings. The summed E-state index contributed by atoms with van der Waals surface area (Å²) in [6.45, 7) is 6.12. The van der Waals surface area contributed by atoms with Crippen molar-refractivity contribution in [3.8, 4) is 0 Å². The molecule has 0 saturated carbocycles. The van der Waals surface area contributed by atoms with E-state index in [4.69, 9.17) is 0 Å². The first-order valence-electron chi connectivity index (χ1n) is 5.14. The van der Waals surface area contributed by atoms with Crippen LogP contribution in [0.1, 0.15) is 24.5 Å². The van der Waals surface area contributed by atoms with Gasteiger partial charge in [0.15, 0.2) is 0 Å². The molecule has 2 nitrogen and oxygen atoms in total. The van der Waals surface area contributed by atoms with Crippen LogP contribution in [0.4, 0.5) is 10.5 Å². The molecule has 1 aromatic rings. The van der Waals surface area contributed by atoms with Crippen LogP contribution in [0.25, 0.3) is 0 Å². The smallest absolute Gasteiger partial charge is 0.283 e. The number of hydrogen-bond donors (Lipinski definition) is 1. The molecule has 82 valence electrons. The lowest BCUT2D eigenvalue weighted by molar-refractivity contribution is 0.269. The van der Waals surface area contributed by atoms with Crippen molar-refractivity contribution in [2.24, 2.45) is 0 Å². The van der Waals surface area contributed by atoms with Gasteiger partial charge < -0.3 is 5.32 Å². The summed E-state index contributed by atoms with van der Waals surface area (Å²) in [5.74, 6) is 0.872. The number of benzene rings is 1. The number of rotatable bonds is 3. The largest absolute Gasteiger partial charge is 0.317 e. The summed E-state index contributed by atoms with van der Waals surface area (Å²) in [7, 11) is 0. The van der Waals surface area contributed by atoms with E-state index < -0.39 is 0 Å². The fourth-order valence-corrected chi connectivity index (χ4v) is 1.87. The Labute approximate surface area is 95.5 Å². The van der Waals surface area contributed by atoms with E-state index in [-0.39, 0.29) is 5.24 Å². The predicted molar refractivity (Wildman–Crippen MR) is 67.7 cm³/mol. The third-order valence-electron chi connectivity index (χ3n) is 2.06. The Hall–Kier alpha value is -0.960. The van der Waals surface area contributed by atoms with Crippen LogP contribution in [0.15, 0.2) is 18.2 Å². The molecular formula is C12H17NOS. The van der Waals surface area contributed by atoms with Crippen molar-refractivity contribution in [1.82, 2.24) is 0 Å². The van der Waals surface area contributed by atoms with Crippen LogP contribution in [0, 0.1) is 13.8 Å². The minimum atomic E-state index is 0.0313. The zero-order valence-electron chi connectivity index (χ0n) is 9.46. The maximum Gasteiger partial charge on any atom is 0.283 e. The number of anilines is 1. The Bertz CT molecular complexity index is 349. The molecule has 1 N–H and O–H groups in total. The van der Waals surface area contributed by atoms with Gasteiger partial charge in [0.2, 0.25) is 0 Å². The van der Waals surface area contributed by atoms with Gasteiger partial charge in [0, 0.05) is 11.4 Å². The molecule has 0 aliphatic carbocycles. The topological polar surface area (TPSA) is 29.1 Å². The van der Waals surface area contributed by atoms with Crippen molar-refractivity contribution >= 4 is 22.7 Å². The average molecular weight is 223 g/mol. The number of carbonyl (C=O) groups excluding carboxylic acids is 1. The quantitative estimate of drug-likeness (QED) is 0.839. The predicted octanol–water partition coefficient (Wildman–Crippen LogP) is 3.98. The third-order valence-corrected chi connectivity index (χ3v) is 3.03. The molecule has 0 bridgehead atoms. The van der Waals surface area contributed by atoms with Crippen LogP contribution in [-0.4, -0.2) is 11.0 Å². The summed E-state index contributed by atoms with van der Waals surface area (Å²) in [6, 6.07) is 6.03. The van der Waals surface area contributed by atoms with Gasteiger partial charge in [0.25, 0.3) is 5.24 Å². The Kier molecular flexibility index (Phi) is 4.69. The highest BCUT2D eigenvalue weighted by Gasteiger charge is 2.04. The second-order valence-electron chi connectivity index (χ2n) is 3.58. The van der Waals surface area contributed by atoms with Gasteiger partial charge in [-0.2, -0.15) is 0 Å². The molecule has 1 rings (SSSR count). The number of thioether (sulfide) groups is 1. The second kappa shape index (κ2) is 5.81. The number of hydrogen-bond acceptors (Lipinski definition) is 2. The summed E-state index contributed by atoms with van der Waals surface area (Å²) in [4.78, 5) is 11.5. The molecule has 3 heteroatoms. The second-order valence-corrected chi connectivity index (χ2v) is 4.65. The average Bonchev–Trinajstić information content (AvgIpc) is 2.19. The lowest BCUT2D eigenvalue weighted by Gasteiger charge is -2.08. The molecule has 0 spiro atoms. The van der Waals surface area contributed by atoms with E-state index in [1.54, 1.807) is 0 Å². The maximum atomic E-state index is 11.5. The highest BCUT2D eigenvalue weighted by Crippen LogP contribution is 2.18. The summed E-state index contributed by atoms with van der Waals surface area (Å²) in [5.41, 5.74) is 3.24. The third kappa shape index (κ3) is 3.96. The first kappa shape index (κ1) is 12.1. The molecule has 0 unspecified atom stereocenters. The van der Waals surface area contributed by atoms with E-state index in [9.17, 15) is 4.79 Å². The van der Waals surface area contributed by atoms with Crippen LogP contribution in [-0.2, 0) is 0 Å². The zero-order valence-corrected chi connectivity index (χ0v) is 10.3. The highest BCUT2D eigenvalue weighted by atomic mass is 32.2. The minimum Gasteiger partial charge on any atom is -0.317 e. The Morgan fingerprint density at radius 3 is 2.73 bits per heavy atom. The Balaban J connectivity index is 2.60. The summed E-state index contributed by atoms with van der Waals surface area (Å²) in [6.07, 6.45) is 1.02. The molecule has 0 aromatic heterocycles. The van der Waals surface area contributed by atoms with E-state index in [1.807, 2.05) is 26.0 Å². The lowest BCUT2D eigenvalue weighted by atomic mass is 10.1. The summed E-state index contributed by atoms with van der Waals surface area (Å²) in [5, 5.41) is 2.93. The van der Waals surface area contributed by atoms with Gasteiger partial charge in [-0.15, -0.1) is 0 Å². The molecule has 0 atom stereocenters. The molecule has 1 aromatic carbocycles. The highest BCUT2D eigenvalue weighted by molar-refractivity contribution is 8.13. The van der Waals surface area contributed by atoms with E-state index in [1.165, 1.54) is 17.3 Å². The maximum absolute atomic E-state index is 11.5. The van der Waals surface area contributed by atoms with E-state index in [2.05, 4.69) is 18.3 Å². The van der Waals surface area contributed by atoms with Crippen LogP contribution in [0.2, 0.25) is 0 Å². The fraction of sp³-hybridized carbons (Fsp3) is 0.417. The van der Waals surface area contributed by atoms with Crippen molar-refractivity contribution in [3.05, 3.63) is 29.3 Å². The first-order valence-corrected chi connectivity index (χ1v) is 6.13. The van der Waals surface area contributed by atoms with Crippen LogP contribution >= 0.6 is 11.8 Å². The standard InChI is InChI=1S/C12H17NOS/c1-4-7-15-12(14)13-11-6-5-9(2)8-10(11)3/h5-6,8H,4,7H2,1-3H3,(H,13,14). The SMILES string of the molecule is CCCSC(=O)Nc1ccc(C)cc1C. The van der Waals surface area contributed by atoms with Gasteiger partial charge in [0.1, 0.15) is 0 Å². The van der Waals surface area contributed by atoms with Crippen LogP contribution < -0.4 is 5.32 Å². The van der Waals surface area contributed by atoms with E-state index in [0.29, 0.717) is 0 Å². The van der Waals surface area contributed by atoms with Crippen molar-refractivity contribution in [2.45, 2.75) is 27.2 Å². The van der Waals surface area contributed by atoms with Crippen molar-refractivity contribution in [1.29, 1.82) is 0 Å². The van der Waals surface area contributed by atoms with Gasteiger partial charge in [-0.1, -0.05) is 36.4 Å². The monoisotopic (exact) mass is 223 g/mol. The van der Waals surface area contributed by atoms with Gasteiger partial charge in [-0.3, -0.25) is 4.79 Å². The Morgan fingerprint density at radius 1 is 1.40 bits per heavy atom. The normalized spacial score (nSPS) is 10.1. The van der Waals surface area contributed by atoms with E-state index >= 15 is 0 Å². The van der Waals surface area contributed by atoms with Gasteiger partial charge in [-0.25, -0.2) is 0 Å². The number of nitrogens with one attached hydrogen (secondary N) is 1. The molecule has 0 heterocycles. The zero-order chi connectivity index (χ0) is 11.3. The Morgan fingerprint density at radius 2 is 2.13 bits per heavy atom. The van der Waals surface area contributed by atoms with Gasteiger partial charge in [0.05, 0.1) is 0 Å². The summed E-state index contributed by atoms with van der Waals surface area (Å²) < 4.78 is 0. The van der Waals surface area contributed by atoms with Crippen LogP contribution in [0.5, 0.6) is 0 Å². The fourth-order valence-electron chi connectivity index (χ4n) is 1.29. The molecule has 1 amide bonds. The number of carbonyl (C=O) groups is 1. The van der Waals surface area contributed by atoms with Crippen molar-refractivity contribution in [3.63, 3.8) is 0 Å². The van der Waals surface area contributed by atoms with Gasteiger partial charge >= 0.3 is 0 Å². The van der Waals surface area contributed by atoms with E-state index in [0.717, 1.165) is 23.4 Å².